The molecule has 0 radical (unpaired) electrons. The second-order valence-corrected chi connectivity index (χ2v) is 6.77. The van der Waals surface area contributed by atoms with E-state index < -0.39 is 0 Å². The van der Waals surface area contributed by atoms with Gasteiger partial charge in [0.05, 0.1) is 7.11 Å². The van der Waals surface area contributed by atoms with Crippen LogP contribution in [0.4, 0.5) is 11.8 Å². The minimum atomic E-state index is 0.517. The van der Waals surface area contributed by atoms with Crippen molar-refractivity contribution in [2.45, 2.75) is 44.7 Å². The zero-order valence-corrected chi connectivity index (χ0v) is 14.8. The minimum absolute atomic E-state index is 0.517. The van der Waals surface area contributed by atoms with Gasteiger partial charge >= 0.3 is 0 Å². The summed E-state index contributed by atoms with van der Waals surface area (Å²) in [6.45, 7) is 3.93. The molecular weight excluding hydrogens is 316 g/mol. The quantitative estimate of drug-likeness (QED) is 0.827. The number of aromatic nitrogens is 4. The number of anilines is 2. The maximum atomic E-state index is 5.21. The molecule has 0 atom stereocenters. The summed E-state index contributed by atoms with van der Waals surface area (Å²) < 4.78 is 5.21. The Morgan fingerprint density at radius 2 is 1.84 bits per heavy atom. The molecular formula is C18H24N6O. The van der Waals surface area contributed by atoms with E-state index in [4.69, 9.17) is 4.74 Å². The molecule has 1 aliphatic heterocycles. The lowest BCUT2D eigenvalue weighted by atomic mass is 10.0. The van der Waals surface area contributed by atoms with Crippen LogP contribution in [0.2, 0.25) is 0 Å². The highest BCUT2D eigenvalue weighted by Gasteiger charge is 2.36. The Hall–Kier alpha value is -2.44. The minimum Gasteiger partial charge on any atom is -0.481 e. The topological polar surface area (TPSA) is 67.3 Å². The summed E-state index contributed by atoms with van der Waals surface area (Å²) in [5.74, 6) is 2.45. The Kier molecular flexibility index (Phi) is 4.38. The zero-order chi connectivity index (χ0) is 17.2. The third-order valence-electron chi connectivity index (χ3n) is 4.96. The van der Waals surface area contributed by atoms with Crippen LogP contribution in [-0.4, -0.2) is 52.2 Å². The van der Waals surface area contributed by atoms with Gasteiger partial charge in [-0.2, -0.15) is 4.98 Å². The average molecular weight is 340 g/mol. The largest absolute Gasteiger partial charge is 0.481 e. The molecule has 0 bridgehead atoms. The number of hydrogen-bond donors (Lipinski definition) is 0. The van der Waals surface area contributed by atoms with Gasteiger partial charge in [-0.3, -0.25) is 0 Å². The van der Waals surface area contributed by atoms with Gasteiger partial charge in [0.1, 0.15) is 12.1 Å². The summed E-state index contributed by atoms with van der Waals surface area (Å²) in [6, 6.07) is 5.04. The van der Waals surface area contributed by atoms with Crippen LogP contribution in [0.3, 0.4) is 0 Å². The van der Waals surface area contributed by atoms with Gasteiger partial charge in [-0.15, -0.1) is 0 Å². The van der Waals surface area contributed by atoms with Crippen LogP contribution in [0.25, 0.3) is 0 Å². The predicted octanol–water partition coefficient (Wildman–Crippen LogP) is 2.22. The SMILES string of the molecule is COc1ccnc(N2CCC(N(c3cc(C)ncn3)C3CC3)CC2)n1. The molecule has 0 amide bonds. The molecule has 0 unspecified atom stereocenters. The van der Waals surface area contributed by atoms with Crippen molar-refractivity contribution in [2.75, 3.05) is 30.0 Å². The van der Waals surface area contributed by atoms with Gasteiger partial charge in [0, 0.05) is 49.2 Å². The maximum absolute atomic E-state index is 5.21. The number of methoxy groups -OCH3 is 1. The van der Waals surface area contributed by atoms with Crippen molar-refractivity contribution in [3.8, 4) is 5.88 Å². The lowest BCUT2D eigenvalue weighted by Crippen LogP contribution is -2.47. The van der Waals surface area contributed by atoms with Crippen LogP contribution in [-0.2, 0) is 0 Å². The Balaban J connectivity index is 1.46. The first kappa shape index (κ1) is 16.1. The second kappa shape index (κ2) is 6.82. The van der Waals surface area contributed by atoms with Gasteiger partial charge in [-0.25, -0.2) is 15.0 Å². The summed E-state index contributed by atoms with van der Waals surface area (Å²) in [4.78, 5) is 22.4. The Labute approximate surface area is 148 Å². The van der Waals surface area contributed by atoms with Crippen molar-refractivity contribution in [1.29, 1.82) is 0 Å². The number of nitrogens with zero attached hydrogens (tertiary/aromatic N) is 6. The van der Waals surface area contributed by atoms with Gasteiger partial charge in [0.2, 0.25) is 11.8 Å². The van der Waals surface area contributed by atoms with Crippen LogP contribution in [0, 0.1) is 6.92 Å². The standard InChI is InChI=1S/C18H24N6O/c1-13-11-16(21-12-20-13)24(14-3-4-14)15-6-9-23(10-7-15)18-19-8-5-17(22-18)25-2/h5,8,11-12,14-15H,3-4,6-7,9-10H2,1-2H3. The normalized spacial score (nSPS) is 18.2. The Morgan fingerprint density at radius 3 is 2.52 bits per heavy atom. The fourth-order valence-electron chi connectivity index (χ4n) is 3.55. The fourth-order valence-corrected chi connectivity index (χ4v) is 3.55. The summed E-state index contributed by atoms with van der Waals surface area (Å²) in [7, 11) is 1.63. The van der Waals surface area contributed by atoms with E-state index in [9.17, 15) is 0 Å². The summed E-state index contributed by atoms with van der Waals surface area (Å²) >= 11 is 0. The molecule has 2 aromatic heterocycles. The molecule has 0 N–H and O–H groups in total. The number of hydrogen-bond acceptors (Lipinski definition) is 7. The van der Waals surface area contributed by atoms with Crippen LogP contribution in [0.1, 0.15) is 31.4 Å². The molecule has 25 heavy (non-hydrogen) atoms. The van der Waals surface area contributed by atoms with Crippen molar-refractivity contribution < 1.29 is 4.74 Å². The van der Waals surface area contributed by atoms with E-state index in [2.05, 4.69) is 35.8 Å². The van der Waals surface area contributed by atoms with E-state index in [-0.39, 0.29) is 0 Å². The number of rotatable bonds is 5. The highest BCUT2D eigenvalue weighted by atomic mass is 16.5. The molecule has 2 aliphatic rings. The van der Waals surface area contributed by atoms with Gasteiger partial charge in [-0.05, 0) is 32.6 Å². The van der Waals surface area contributed by atoms with Crippen LogP contribution in [0.15, 0.2) is 24.7 Å². The highest BCUT2D eigenvalue weighted by Crippen LogP contribution is 2.35. The monoisotopic (exact) mass is 340 g/mol. The van der Waals surface area contributed by atoms with E-state index >= 15 is 0 Å². The number of piperidine rings is 1. The third-order valence-corrected chi connectivity index (χ3v) is 4.96. The summed E-state index contributed by atoms with van der Waals surface area (Å²) in [5.41, 5.74) is 1.03. The Bertz CT molecular complexity index is 727. The molecule has 1 saturated carbocycles. The molecule has 132 valence electrons. The maximum Gasteiger partial charge on any atom is 0.228 e. The van der Waals surface area contributed by atoms with Gasteiger partial charge in [0.15, 0.2) is 0 Å². The van der Waals surface area contributed by atoms with E-state index in [0.29, 0.717) is 18.0 Å². The van der Waals surface area contributed by atoms with Crippen molar-refractivity contribution in [1.82, 2.24) is 19.9 Å². The van der Waals surface area contributed by atoms with Crippen molar-refractivity contribution in [3.05, 3.63) is 30.4 Å². The summed E-state index contributed by atoms with van der Waals surface area (Å²) in [5, 5.41) is 0. The molecule has 3 heterocycles. The molecule has 7 heteroatoms. The number of aryl methyl sites for hydroxylation is 1. The molecule has 2 fully saturated rings. The molecule has 2 aromatic rings. The van der Waals surface area contributed by atoms with Gasteiger partial charge < -0.3 is 14.5 Å². The second-order valence-electron chi connectivity index (χ2n) is 6.77. The molecule has 1 aliphatic carbocycles. The summed E-state index contributed by atoms with van der Waals surface area (Å²) in [6.07, 6.45) is 8.14. The first-order valence-electron chi connectivity index (χ1n) is 8.93. The van der Waals surface area contributed by atoms with E-state index in [1.807, 2.05) is 6.92 Å². The molecule has 1 saturated heterocycles. The molecule has 0 spiro atoms. The van der Waals surface area contributed by atoms with Crippen LogP contribution in [0.5, 0.6) is 5.88 Å². The van der Waals surface area contributed by atoms with Gasteiger partial charge in [-0.1, -0.05) is 0 Å². The Morgan fingerprint density at radius 1 is 1.08 bits per heavy atom. The van der Waals surface area contributed by atoms with Crippen molar-refractivity contribution in [3.63, 3.8) is 0 Å². The van der Waals surface area contributed by atoms with E-state index in [1.165, 1.54) is 12.8 Å². The zero-order valence-electron chi connectivity index (χ0n) is 14.8. The van der Waals surface area contributed by atoms with E-state index in [1.54, 1.807) is 25.7 Å². The highest BCUT2D eigenvalue weighted by molar-refractivity contribution is 5.44. The first-order chi connectivity index (χ1) is 12.2. The van der Waals surface area contributed by atoms with Gasteiger partial charge in [0.25, 0.3) is 0 Å². The van der Waals surface area contributed by atoms with Crippen LogP contribution < -0.4 is 14.5 Å². The third kappa shape index (κ3) is 3.50. The lowest BCUT2D eigenvalue weighted by Gasteiger charge is -2.39. The smallest absolute Gasteiger partial charge is 0.228 e. The first-order valence-corrected chi connectivity index (χ1v) is 8.93. The van der Waals surface area contributed by atoms with Crippen LogP contribution >= 0.6 is 0 Å². The molecule has 0 aromatic carbocycles. The predicted molar refractivity (Wildman–Crippen MR) is 96.1 cm³/mol. The van der Waals surface area contributed by atoms with E-state index in [0.717, 1.165) is 43.4 Å². The number of ether oxygens (including phenoxy) is 1. The van der Waals surface area contributed by atoms with Crippen molar-refractivity contribution in [2.24, 2.45) is 0 Å². The van der Waals surface area contributed by atoms with Crippen molar-refractivity contribution >= 4 is 11.8 Å². The molecule has 7 nitrogen and oxygen atoms in total. The lowest BCUT2D eigenvalue weighted by molar-refractivity contribution is 0.395. The molecule has 4 rings (SSSR count). The fraction of sp³-hybridized carbons (Fsp3) is 0.556. The average Bonchev–Trinajstić information content (AvgIpc) is 3.48.